The van der Waals surface area contributed by atoms with Crippen LogP contribution in [0.1, 0.15) is 16.1 Å². The number of carbonyl (C=O) groups excluding carboxylic acids is 1. The van der Waals surface area contributed by atoms with Gasteiger partial charge in [0.05, 0.1) is 11.9 Å². The van der Waals surface area contributed by atoms with Crippen LogP contribution in [0.4, 0.5) is 0 Å². The second kappa shape index (κ2) is 7.70. The summed E-state index contributed by atoms with van der Waals surface area (Å²) in [4.78, 5) is 20.0. The number of thiophene rings is 1. The van der Waals surface area contributed by atoms with E-state index < -0.39 is 0 Å². The van der Waals surface area contributed by atoms with Crippen LogP contribution in [0.15, 0.2) is 36.2 Å². The largest absolute Gasteiger partial charge is 0.466 e. The first-order valence-corrected chi connectivity index (χ1v) is 9.22. The first kappa shape index (κ1) is 18.1. The second-order valence-corrected chi connectivity index (χ2v) is 7.17. The molecule has 0 aliphatic heterocycles. The lowest BCUT2D eigenvalue weighted by molar-refractivity contribution is -0.133. The van der Waals surface area contributed by atoms with E-state index in [0.29, 0.717) is 19.0 Å². The molecule has 7 heteroatoms. The lowest BCUT2D eigenvalue weighted by atomic mass is 10.2. The van der Waals surface area contributed by atoms with Gasteiger partial charge in [-0.15, -0.1) is 23.0 Å². The van der Waals surface area contributed by atoms with E-state index in [1.807, 2.05) is 44.5 Å². The Bertz CT molecular complexity index is 931. The Morgan fingerprint density at radius 1 is 1.46 bits per heavy atom. The minimum Gasteiger partial charge on any atom is -0.466 e. The molecule has 0 N–H and O–H groups in total. The molecule has 0 aromatic carbocycles. The highest BCUT2D eigenvalue weighted by Crippen LogP contribution is 2.27. The van der Waals surface area contributed by atoms with Crippen LogP contribution in [0.3, 0.4) is 0 Å². The third-order valence-corrected chi connectivity index (χ3v) is 4.91. The minimum absolute atomic E-state index is 0.0708. The molecule has 0 spiro atoms. The van der Waals surface area contributed by atoms with Gasteiger partial charge in [0, 0.05) is 24.2 Å². The number of nitrogens with zero attached hydrogens (tertiary/aromatic N) is 4. The normalized spacial score (nSPS) is 10.9. The number of rotatable bonds is 7. The van der Waals surface area contributed by atoms with Crippen LogP contribution in [0.2, 0.25) is 0 Å². The molecule has 3 aromatic rings. The predicted octanol–water partition coefficient (Wildman–Crippen LogP) is 3.24. The summed E-state index contributed by atoms with van der Waals surface area (Å²) in [6.07, 6.45) is 1.72. The van der Waals surface area contributed by atoms with E-state index >= 15 is 0 Å². The molecule has 26 heavy (non-hydrogen) atoms. The molecule has 3 heterocycles. The SMILES string of the molecule is C=CCN(Cc1cccs1)C(=O)COc1nn(C)c2nc(C)cc(C)c12. The van der Waals surface area contributed by atoms with E-state index in [1.54, 1.807) is 27.0 Å². The molecule has 0 unspecified atom stereocenters. The number of aromatic nitrogens is 3. The topological polar surface area (TPSA) is 60.3 Å². The summed E-state index contributed by atoms with van der Waals surface area (Å²) in [6.45, 7) is 8.63. The first-order chi connectivity index (χ1) is 12.5. The number of hydrogen-bond acceptors (Lipinski definition) is 5. The lowest BCUT2D eigenvalue weighted by Gasteiger charge is -2.20. The summed E-state index contributed by atoms with van der Waals surface area (Å²) in [5.74, 6) is 0.338. The van der Waals surface area contributed by atoms with Gasteiger partial charge in [0.25, 0.3) is 5.91 Å². The van der Waals surface area contributed by atoms with Gasteiger partial charge in [-0.25, -0.2) is 9.67 Å². The zero-order valence-electron chi connectivity index (χ0n) is 15.2. The van der Waals surface area contributed by atoms with Crippen LogP contribution in [0, 0.1) is 13.8 Å². The molecule has 136 valence electrons. The van der Waals surface area contributed by atoms with Gasteiger partial charge in [-0.3, -0.25) is 4.79 Å². The van der Waals surface area contributed by atoms with Gasteiger partial charge < -0.3 is 9.64 Å². The van der Waals surface area contributed by atoms with E-state index in [4.69, 9.17) is 4.74 Å². The van der Waals surface area contributed by atoms with Crippen molar-refractivity contribution < 1.29 is 9.53 Å². The molecule has 3 aromatic heterocycles. The van der Waals surface area contributed by atoms with Crippen LogP contribution >= 0.6 is 11.3 Å². The summed E-state index contributed by atoms with van der Waals surface area (Å²) in [7, 11) is 1.82. The minimum atomic E-state index is -0.102. The zero-order chi connectivity index (χ0) is 18.7. The highest BCUT2D eigenvalue weighted by atomic mass is 32.1. The van der Waals surface area contributed by atoms with Crippen molar-refractivity contribution in [1.29, 1.82) is 0 Å². The molecular weight excluding hydrogens is 348 g/mol. The van der Waals surface area contributed by atoms with Gasteiger partial charge >= 0.3 is 0 Å². The quantitative estimate of drug-likeness (QED) is 0.599. The Labute approximate surface area is 156 Å². The van der Waals surface area contributed by atoms with E-state index in [0.717, 1.165) is 27.2 Å². The highest BCUT2D eigenvalue weighted by Gasteiger charge is 2.18. The molecule has 0 aliphatic carbocycles. The molecule has 0 atom stereocenters. The molecule has 1 amide bonds. The number of ether oxygens (including phenoxy) is 1. The maximum atomic E-state index is 12.6. The van der Waals surface area contributed by atoms with E-state index in [2.05, 4.69) is 16.7 Å². The summed E-state index contributed by atoms with van der Waals surface area (Å²) in [5, 5.41) is 7.23. The molecule has 0 aliphatic rings. The van der Waals surface area contributed by atoms with Gasteiger partial charge in [0.15, 0.2) is 12.3 Å². The van der Waals surface area contributed by atoms with E-state index in [9.17, 15) is 4.79 Å². The molecular formula is C19H22N4O2S. The van der Waals surface area contributed by atoms with Gasteiger partial charge in [-0.2, -0.15) is 0 Å². The average Bonchev–Trinajstić information content (AvgIpc) is 3.20. The highest BCUT2D eigenvalue weighted by molar-refractivity contribution is 7.09. The van der Waals surface area contributed by atoms with Crippen molar-refractivity contribution >= 4 is 28.3 Å². The maximum Gasteiger partial charge on any atom is 0.261 e. The second-order valence-electron chi connectivity index (χ2n) is 6.14. The standard InChI is InChI=1S/C19H22N4O2S/c1-5-8-23(11-15-7-6-9-26-15)16(24)12-25-19-17-13(2)10-14(3)20-18(17)22(4)21-19/h5-7,9-10H,1,8,11-12H2,2-4H3. The number of pyridine rings is 1. The van der Waals surface area contributed by atoms with Crippen LogP contribution in [-0.4, -0.2) is 38.7 Å². The average molecular weight is 370 g/mol. The van der Waals surface area contributed by atoms with Crippen molar-refractivity contribution in [3.63, 3.8) is 0 Å². The van der Waals surface area contributed by atoms with Crippen LogP contribution in [0.5, 0.6) is 5.88 Å². The maximum absolute atomic E-state index is 12.6. The van der Waals surface area contributed by atoms with Crippen molar-refractivity contribution in [2.75, 3.05) is 13.2 Å². The molecule has 0 fully saturated rings. The number of carbonyl (C=O) groups is 1. The third kappa shape index (κ3) is 3.77. The molecule has 0 radical (unpaired) electrons. The summed E-state index contributed by atoms with van der Waals surface area (Å²) >= 11 is 1.62. The van der Waals surface area contributed by atoms with Crippen LogP contribution in [-0.2, 0) is 18.4 Å². The molecule has 0 bridgehead atoms. The predicted molar refractivity (Wildman–Crippen MR) is 103 cm³/mol. The van der Waals surface area contributed by atoms with Crippen molar-refractivity contribution in [2.45, 2.75) is 20.4 Å². The first-order valence-electron chi connectivity index (χ1n) is 8.34. The summed E-state index contributed by atoms with van der Waals surface area (Å²) in [6, 6.07) is 5.98. The van der Waals surface area contributed by atoms with Gasteiger partial charge in [-0.1, -0.05) is 12.1 Å². The summed E-state index contributed by atoms with van der Waals surface area (Å²) in [5.41, 5.74) is 2.71. The Morgan fingerprint density at radius 3 is 2.96 bits per heavy atom. The monoisotopic (exact) mass is 370 g/mol. The summed E-state index contributed by atoms with van der Waals surface area (Å²) < 4.78 is 7.46. The molecule has 3 rings (SSSR count). The fourth-order valence-corrected chi connectivity index (χ4v) is 3.59. The van der Waals surface area contributed by atoms with Crippen LogP contribution in [0.25, 0.3) is 11.0 Å². The smallest absolute Gasteiger partial charge is 0.261 e. The number of amides is 1. The van der Waals surface area contributed by atoms with Gasteiger partial charge in [0.1, 0.15) is 0 Å². The van der Waals surface area contributed by atoms with Crippen molar-refractivity contribution in [3.8, 4) is 5.88 Å². The number of fused-ring (bicyclic) bond motifs is 1. The third-order valence-electron chi connectivity index (χ3n) is 4.05. The molecule has 0 saturated carbocycles. The number of aryl methyl sites for hydroxylation is 3. The Balaban J connectivity index is 1.76. The zero-order valence-corrected chi connectivity index (χ0v) is 16.0. The van der Waals surface area contributed by atoms with Crippen molar-refractivity contribution in [3.05, 3.63) is 52.4 Å². The molecule has 6 nitrogen and oxygen atoms in total. The lowest BCUT2D eigenvalue weighted by Crippen LogP contribution is -2.34. The van der Waals surface area contributed by atoms with Crippen molar-refractivity contribution in [1.82, 2.24) is 19.7 Å². The van der Waals surface area contributed by atoms with Crippen LogP contribution < -0.4 is 4.74 Å². The van der Waals surface area contributed by atoms with Gasteiger partial charge in [-0.05, 0) is 36.9 Å². The van der Waals surface area contributed by atoms with Crippen molar-refractivity contribution in [2.24, 2.45) is 7.05 Å². The van der Waals surface area contributed by atoms with Gasteiger partial charge in [0.2, 0.25) is 5.88 Å². The Morgan fingerprint density at radius 2 is 2.27 bits per heavy atom. The Hall–Kier alpha value is -2.67. The fraction of sp³-hybridized carbons (Fsp3) is 0.316. The van der Waals surface area contributed by atoms with E-state index in [-0.39, 0.29) is 12.5 Å². The fourth-order valence-electron chi connectivity index (χ4n) is 2.87. The Kier molecular flexibility index (Phi) is 5.37. The molecule has 0 saturated heterocycles. The number of hydrogen-bond donors (Lipinski definition) is 0. The van der Waals surface area contributed by atoms with E-state index in [1.165, 1.54) is 0 Å².